The van der Waals surface area contributed by atoms with Gasteiger partial charge in [0.2, 0.25) is 0 Å². The molecule has 0 aliphatic heterocycles. The van der Waals surface area contributed by atoms with Crippen molar-refractivity contribution in [1.29, 1.82) is 0 Å². The first-order valence-corrected chi connectivity index (χ1v) is 8.67. The molecule has 0 amide bonds. The minimum Gasteiger partial charge on any atom is -0.321 e. The second-order valence-corrected chi connectivity index (χ2v) is 6.65. The van der Waals surface area contributed by atoms with Crippen LogP contribution in [0.4, 0.5) is 0 Å². The summed E-state index contributed by atoms with van der Waals surface area (Å²) in [5, 5.41) is 4.57. The van der Waals surface area contributed by atoms with Gasteiger partial charge < -0.3 is 4.57 Å². The number of rotatable bonds is 4. The van der Waals surface area contributed by atoms with Gasteiger partial charge in [0, 0.05) is 29.7 Å². The maximum absolute atomic E-state index is 12.5. The zero-order valence-electron chi connectivity index (χ0n) is 14.5. The number of fused-ring (bicyclic) bond motifs is 1. The van der Waals surface area contributed by atoms with E-state index in [-0.39, 0.29) is 11.3 Å². The lowest BCUT2D eigenvalue weighted by molar-refractivity contribution is 0.103. The number of halogens is 1. The Morgan fingerprint density at radius 3 is 2.33 bits per heavy atom. The van der Waals surface area contributed by atoms with Gasteiger partial charge in [-0.25, -0.2) is 9.67 Å². The van der Waals surface area contributed by atoms with Gasteiger partial charge in [-0.15, -0.1) is 0 Å². The van der Waals surface area contributed by atoms with Crippen LogP contribution in [-0.4, -0.2) is 25.1 Å². The molecule has 0 saturated heterocycles. The average Bonchev–Trinajstić information content (AvgIpc) is 3.09. The van der Waals surface area contributed by atoms with Gasteiger partial charge in [-0.2, -0.15) is 5.10 Å². The van der Waals surface area contributed by atoms with Crippen molar-refractivity contribution in [2.45, 2.75) is 6.54 Å². The van der Waals surface area contributed by atoms with E-state index in [4.69, 9.17) is 11.6 Å². The van der Waals surface area contributed by atoms with E-state index in [0.29, 0.717) is 33.7 Å². The van der Waals surface area contributed by atoms with Crippen LogP contribution in [-0.2, 0) is 13.6 Å². The molecule has 0 N–H and O–H groups in total. The predicted octanol–water partition coefficient (Wildman–Crippen LogP) is 3.06. The highest BCUT2D eigenvalue weighted by molar-refractivity contribution is 6.30. The molecule has 0 atom stereocenters. The second kappa shape index (κ2) is 6.81. The molecule has 4 aromatic rings. The van der Waals surface area contributed by atoms with Gasteiger partial charge in [-0.1, -0.05) is 35.9 Å². The summed E-state index contributed by atoms with van der Waals surface area (Å²) >= 11 is 5.87. The molecule has 0 aliphatic rings. The standard InChI is InChI=1S/C20H15ClN4O2/c1-24-20(27)18-17(10-23-24)22-12-25(18)11-13-2-4-14(5-3-13)19(26)15-6-8-16(21)9-7-15/h2-10,12H,11H2,1H3. The third kappa shape index (κ3) is 3.27. The lowest BCUT2D eigenvalue weighted by Crippen LogP contribution is -2.21. The fraction of sp³-hybridized carbons (Fsp3) is 0.100. The molecule has 0 bridgehead atoms. The highest BCUT2D eigenvalue weighted by Crippen LogP contribution is 2.16. The zero-order valence-corrected chi connectivity index (χ0v) is 15.2. The number of aromatic nitrogens is 4. The minimum absolute atomic E-state index is 0.0637. The SMILES string of the molecule is Cn1ncc2ncn(Cc3ccc(C(=O)c4ccc(Cl)cc4)cc3)c2c1=O. The number of carbonyl (C=O) groups excluding carboxylic acids is 1. The molecule has 0 spiro atoms. The van der Waals surface area contributed by atoms with Crippen LogP contribution in [0, 0.1) is 0 Å². The Morgan fingerprint density at radius 2 is 1.67 bits per heavy atom. The maximum Gasteiger partial charge on any atom is 0.292 e. The van der Waals surface area contributed by atoms with Crippen LogP contribution in [0.2, 0.25) is 5.02 Å². The number of benzene rings is 2. The Balaban J connectivity index is 1.60. The molecule has 134 valence electrons. The van der Waals surface area contributed by atoms with Crippen LogP contribution in [0.5, 0.6) is 0 Å². The van der Waals surface area contributed by atoms with E-state index in [1.165, 1.54) is 4.68 Å². The lowest BCUT2D eigenvalue weighted by Gasteiger charge is -2.06. The number of aryl methyl sites for hydroxylation is 1. The van der Waals surface area contributed by atoms with Gasteiger partial charge in [-0.05, 0) is 29.8 Å². The van der Waals surface area contributed by atoms with Gasteiger partial charge in [0.1, 0.15) is 11.0 Å². The van der Waals surface area contributed by atoms with E-state index in [9.17, 15) is 9.59 Å². The fourth-order valence-corrected chi connectivity index (χ4v) is 3.04. The van der Waals surface area contributed by atoms with E-state index >= 15 is 0 Å². The summed E-state index contributed by atoms with van der Waals surface area (Å²) in [6, 6.07) is 14.1. The van der Waals surface area contributed by atoms with Crippen LogP contribution >= 0.6 is 11.6 Å². The quantitative estimate of drug-likeness (QED) is 0.512. The molecule has 0 fully saturated rings. The highest BCUT2D eigenvalue weighted by atomic mass is 35.5. The summed E-state index contributed by atoms with van der Waals surface area (Å²) in [5.41, 5.74) is 3.02. The molecular formula is C20H15ClN4O2. The first kappa shape index (κ1) is 17.2. The molecule has 4 rings (SSSR count). The van der Waals surface area contributed by atoms with Crippen LogP contribution < -0.4 is 5.56 Å². The van der Waals surface area contributed by atoms with Crippen molar-refractivity contribution >= 4 is 28.4 Å². The van der Waals surface area contributed by atoms with E-state index in [0.717, 1.165) is 5.56 Å². The molecule has 7 heteroatoms. The number of hydrogen-bond donors (Lipinski definition) is 0. The third-order valence-electron chi connectivity index (χ3n) is 4.39. The van der Waals surface area contributed by atoms with E-state index in [1.807, 2.05) is 12.1 Å². The molecule has 0 saturated carbocycles. The molecule has 0 aliphatic carbocycles. The van der Waals surface area contributed by atoms with Crippen molar-refractivity contribution in [1.82, 2.24) is 19.3 Å². The van der Waals surface area contributed by atoms with Gasteiger partial charge in [0.15, 0.2) is 5.78 Å². The molecule has 2 aromatic carbocycles. The lowest BCUT2D eigenvalue weighted by atomic mass is 10.0. The number of hydrogen-bond acceptors (Lipinski definition) is 4. The third-order valence-corrected chi connectivity index (χ3v) is 4.64. The molecule has 27 heavy (non-hydrogen) atoms. The predicted molar refractivity (Wildman–Crippen MR) is 103 cm³/mol. The van der Waals surface area contributed by atoms with Gasteiger partial charge >= 0.3 is 0 Å². The maximum atomic E-state index is 12.5. The summed E-state index contributed by atoms with van der Waals surface area (Å²) in [6.07, 6.45) is 3.20. The normalized spacial score (nSPS) is 11.0. The zero-order chi connectivity index (χ0) is 19.0. The topological polar surface area (TPSA) is 69.8 Å². The van der Waals surface area contributed by atoms with Gasteiger partial charge in [-0.3, -0.25) is 9.59 Å². The van der Waals surface area contributed by atoms with Crippen LogP contribution in [0.3, 0.4) is 0 Å². The van der Waals surface area contributed by atoms with E-state index in [1.54, 1.807) is 60.5 Å². The molecule has 0 unspecified atom stereocenters. The Kier molecular flexibility index (Phi) is 4.33. The van der Waals surface area contributed by atoms with Crippen molar-refractivity contribution in [2.24, 2.45) is 7.05 Å². The van der Waals surface area contributed by atoms with Gasteiger partial charge in [0.25, 0.3) is 5.56 Å². The first-order chi connectivity index (χ1) is 13.0. The van der Waals surface area contributed by atoms with Crippen LogP contribution in [0.1, 0.15) is 21.5 Å². The Hall–Kier alpha value is -3.25. The molecule has 6 nitrogen and oxygen atoms in total. The summed E-state index contributed by atoms with van der Waals surface area (Å²) in [4.78, 5) is 29.1. The Bertz CT molecular complexity index is 1190. The molecular weight excluding hydrogens is 364 g/mol. The second-order valence-electron chi connectivity index (χ2n) is 6.21. The smallest absolute Gasteiger partial charge is 0.292 e. The monoisotopic (exact) mass is 378 g/mol. The number of carbonyl (C=O) groups is 1. The summed E-state index contributed by atoms with van der Waals surface area (Å²) in [6.45, 7) is 0.477. The van der Waals surface area contributed by atoms with Crippen molar-refractivity contribution < 1.29 is 4.79 Å². The molecule has 2 heterocycles. The Labute approximate surface area is 159 Å². The van der Waals surface area contributed by atoms with Crippen molar-refractivity contribution in [3.05, 3.63) is 93.1 Å². The van der Waals surface area contributed by atoms with Crippen molar-refractivity contribution in [3.63, 3.8) is 0 Å². The molecule has 0 radical (unpaired) electrons. The summed E-state index contributed by atoms with van der Waals surface area (Å²) in [5.74, 6) is -0.0637. The molecule has 2 aromatic heterocycles. The van der Waals surface area contributed by atoms with Crippen molar-refractivity contribution in [2.75, 3.05) is 0 Å². The number of ketones is 1. The largest absolute Gasteiger partial charge is 0.321 e. The van der Waals surface area contributed by atoms with E-state index < -0.39 is 0 Å². The Morgan fingerprint density at radius 1 is 1.04 bits per heavy atom. The number of nitrogens with zero attached hydrogens (tertiary/aromatic N) is 4. The van der Waals surface area contributed by atoms with Gasteiger partial charge in [0.05, 0.1) is 12.5 Å². The number of imidazole rings is 1. The minimum atomic E-state index is -0.195. The summed E-state index contributed by atoms with van der Waals surface area (Å²) < 4.78 is 3.07. The average molecular weight is 379 g/mol. The van der Waals surface area contributed by atoms with Crippen molar-refractivity contribution in [3.8, 4) is 0 Å². The van der Waals surface area contributed by atoms with Crippen LogP contribution in [0.15, 0.2) is 65.8 Å². The highest BCUT2D eigenvalue weighted by Gasteiger charge is 2.11. The van der Waals surface area contributed by atoms with Crippen LogP contribution in [0.25, 0.3) is 11.0 Å². The first-order valence-electron chi connectivity index (χ1n) is 8.29. The van der Waals surface area contributed by atoms with E-state index in [2.05, 4.69) is 10.1 Å². The summed E-state index contributed by atoms with van der Waals surface area (Å²) in [7, 11) is 1.61. The fourth-order valence-electron chi connectivity index (χ4n) is 2.92.